The zero-order valence-electron chi connectivity index (χ0n) is 9.74. The highest BCUT2D eigenvalue weighted by atomic mass is 19.1. The molecule has 0 aliphatic carbocycles. The Morgan fingerprint density at radius 2 is 1.62 bits per heavy atom. The summed E-state index contributed by atoms with van der Waals surface area (Å²) in [5.41, 5.74) is 1.63. The van der Waals surface area contributed by atoms with Crippen molar-refractivity contribution in [3.05, 3.63) is 48.3 Å². The SMILES string of the molecule is CC.Cc1ncc(-c2cccc(F)c2)cn1. The molecule has 0 aliphatic heterocycles. The zero-order valence-corrected chi connectivity index (χ0v) is 9.74. The highest BCUT2D eigenvalue weighted by Crippen LogP contribution is 2.17. The second-order valence-electron chi connectivity index (χ2n) is 3.03. The van der Waals surface area contributed by atoms with Gasteiger partial charge in [-0.2, -0.15) is 0 Å². The van der Waals surface area contributed by atoms with E-state index in [2.05, 4.69) is 9.97 Å². The number of benzene rings is 1. The largest absolute Gasteiger partial charge is 0.241 e. The molecule has 84 valence electrons. The Labute approximate surface area is 95.2 Å². The predicted octanol–water partition coefficient (Wildman–Crippen LogP) is 3.62. The van der Waals surface area contributed by atoms with Gasteiger partial charge in [0, 0.05) is 18.0 Å². The van der Waals surface area contributed by atoms with E-state index in [0.717, 1.165) is 11.1 Å². The van der Waals surface area contributed by atoms with Gasteiger partial charge in [0.1, 0.15) is 11.6 Å². The second-order valence-corrected chi connectivity index (χ2v) is 3.03. The second kappa shape index (κ2) is 5.95. The van der Waals surface area contributed by atoms with Crippen LogP contribution in [0.5, 0.6) is 0 Å². The van der Waals surface area contributed by atoms with E-state index < -0.39 is 0 Å². The van der Waals surface area contributed by atoms with Gasteiger partial charge in [0.05, 0.1) is 0 Å². The van der Waals surface area contributed by atoms with Crippen molar-refractivity contribution in [2.75, 3.05) is 0 Å². The molecule has 0 atom stereocenters. The molecule has 1 heterocycles. The van der Waals surface area contributed by atoms with Gasteiger partial charge in [-0.05, 0) is 24.6 Å². The van der Waals surface area contributed by atoms with E-state index >= 15 is 0 Å². The fraction of sp³-hybridized carbons (Fsp3) is 0.231. The fourth-order valence-electron chi connectivity index (χ4n) is 1.21. The van der Waals surface area contributed by atoms with Crippen LogP contribution in [0.1, 0.15) is 19.7 Å². The predicted molar refractivity (Wildman–Crippen MR) is 63.5 cm³/mol. The van der Waals surface area contributed by atoms with Gasteiger partial charge in [-0.1, -0.05) is 26.0 Å². The molecule has 0 fully saturated rings. The number of halogens is 1. The van der Waals surface area contributed by atoms with E-state index in [1.807, 2.05) is 26.8 Å². The lowest BCUT2D eigenvalue weighted by molar-refractivity contribution is 0.628. The van der Waals surface area contributed by atoms with Gasteiger partial charge in [-0.25, -0.2) is 14.4 Å². The van der Waals surface area contributed by atoms with Crippen molar-refractivity contribution in [1.29, 1.82) is 0 Å². The first-order valence-electron chi connectivity index (χ1n) is 5.30. The third-order valence-corrected chi connectivity index (χ3v) is 1.94. The third kappa shape index (κ3) is 3.12. The Morgan fingerprint density at radius 3 is 2.19 bits per heavy atom. The van der Waals surface area contributed by atoms with Gasteiger partial charge in [-0.15, -0.1) is 0 Å². The molecule has 2 rings (SSSR count). The fourth-order valence-corrected chi connectivity index (χ4v) is 1.21. The molecule has 2 aromatic rings. The first-order valence-corrected chi connectivity index (χ1v) is 5.30. The van der Waals surface area contributed by atoms with Gasteiger partial charge in [0.25, 0.3) is 0 Å². The molecule has 0 saturated carbocycles. The van der Waals surface area contributed by atoms with Crippen molar-refractivity contribution in [3.8, 4) is 11.1 Å². The molecule has 0 aliphatic rings. The van der Waals surface area contributed by atoms with Crippen LogP contribution in [0.3, 0.4) is 0 Å². The van der Waals surface area contributed by atoms with Gasteiger partial charge in [-0.3, -0.25) is 0 Å². The lowest BCUT2D eigenvalue weighted by Crippen LogP contribution is -1.87. The summed E-state index contributed by atoms with van der Waals surface area (Å²) in [6.45, 7) is 5.81. The molecular weight excluding hydrogens is 203 g/mol. The van der Waals surface area contributed by atoms with Gasteiger partial charge >= 0.3 is 0 Å². The number of rotatable bonds is 1. The van der Waals surface area contributed by atoms with Crippen LogP contribution in [0.15, 0.2) is 36.7 Å². The Balaban J connectivity index is 0.000000606. The van der Waals surface area contributed by atoms with E-state index in [-0.39, 0.29) is 5.82 Å². The summed E-state index contributed by atoms with van der Waals surface area (Å²) >= 11 is 0. The van der Waals surface area contributed by atoms with Gasteiger partial charge in [0.2, 0.25) is 0 Å². The number of nitrogens with zero attached hydrogens (tertiary/aromatic N) is 2. The molecular formula is C13H15FN2. The van der Waals surface area contributed by atoms with Crippen LogP contribution in [0, 0.1) is 12.7 Å². The Hall–Kier alpha value is -1.77. The van der Waals surface area contributed by atoms with Crippen LogP contribution in [0.25, 0.3) is 11.1 Å². The molecule has 0 unspecified atom stereocenters. The topological polar surface area (TPSA) is 25.8 Å². The third-order valence-electron chi connectivity index (χ3n) is 1.94. The Morgan fingerprint density at radius 1 is 1.00 bits per heavy atom. The first kappa shape index (κ1) is 12.3. The van der Waals surface area contributed by atoms with Crippen LogP contribution in [-0.2, 0) is 0 Å². The summed E-state index contributed by atoms with van der Waals surface area (Å²) in [7, 11) is 0. The minimum absolute atomic E-state index is 0.247. The maximum absolute atomic E-state index is 12.9. The number of aryl methyl sites for hydroxylation is 1. The van der Waals surface area contributed by atoms with E-state index in [4.69, 9.17) is 0 Å². The minimum Gasteiger partial charge on any atom is -0.241 e. The lowest BCUT2D eigenvalue weighted by atomic mass is 10.1. The maximum Gasteiger partial charge on any atom is 0.125 e. The highest BCUT2D eigenvalue weighted by molar-refractivity contribution is 5.61. The van der Waals surface area contributed by atoms with Crippen LogP contribution < -0.4 is 0 Å². The zero-order chi connectivity index (χ0) is 12.0. The number of hydrogen-bond donors (Lipinski definition) is 0. The molecule has 1 aromatic carbocycles. The summed E-state index contributed by atoms with van der Waals surface area (Å²) in [5.74, 6) is 0.466. The molecule has 16 heavy (non-hydrogen) atoms. The average molecular weight is 218 g/mol. The van der Waals surface area contributed by atoms with Crippen molar-refractivity contribution in [3.63, 3.8) is 0 Å². The molecule has 0 bridgehead atoms. The first-order chi connectivity index (χ1) is 7.75. The number of hydrogen-bond acceptors (Lipinski definition) is 2. The van der Waals surface area contributed by atoms with E-state index in [0.29, 0.717) is 5.82 Å². The Bertz CT molecular complexity index is 438. The van der Waals surface area contributed by atoms with Crippen molar-refractivity contribution < 1.29 is 4.39 Å². The monoisotopic (exact) mass is 218 g/mol. The summed E-state index contributed by atoms with van der Waals surface area (Å²) in [6, 6.07) is 6.38. The van der Waals surface area contributed by atoms with Crippen LogP contribution in [0.2, 0.25) is 0 Å². The van der Waals surface area contributed by atoms with E-state index in [1.165, 1.54) is 12.1 Å². The summed E-state index contributed by atoms with van der Waals surface area (Å²) in [4.78, 5) is 8.10. The van der Waals surface area contributed by atoms with Crippen LogP contribution in [0.4, 0.5) is 4.39 Å². The smallest absolute Gasteiger partial charge is 0.125 e. The molecule has 0 saturated heterocycles. The van der Waals surface area contributed by atoms with Crippen molar-refractivity contribution in [2.45, 2.75) is 20.8 Å². The minimum atomic E-state index is -0.247. The van der Waals surface area contributed by atoms with Gasteiger partial charge < -0.3 is 0 Å². The van der Waals surface area contributed by atoms with Crippen molar-refractivity contribution >= 4 is 0 Å². The highest BCUT2D eigenvalue weighted by Gasteiger charge is 1.99. The molecule has 0 N–H and O–H groups in total. The van der Waals surface area contributed by atoms with Crippen LogP contribution in [-0.4, -0.2) is 9.97 Å². The van der Waals surface area contributed by atoms with E-state index in [1.54, 1.807) is 18.5 Å². The molecule has 0 spiro atoms. The summed E-state index contributed by atoms with van der Waals surface area (Å²) in [5, 5.41) is 0. The lowest BCUT2D eigenvalue weighted by Gasteiger charge is -2.00. The van der Waals surface area contributed by atoms with Crippen molar-refractivity contribution in [2.24, 2.45) is 0 Å². The molecule has 0 radical (unpaired) electrons. The molecule has 0 amide bonds. The Kier molecular flexibility index (Phi) is 4.58. The van der Waals surface area contributed by atoms with Gasteiger partial charge in [0.15, 0.2) is 0 Å². The molecule has 2 nitrogen and oxygen atoms in total. The summed E-state index contributed by atoms with van der Waals surface area (Å²) in [6.07, 6.45) is 3.38. The molecule has 1 aromatic heterocycles. The summed E-state index contributed by atoms with van der Waals surface area (Å²) < 4.78 is 12.9. The quantitative estimate of drug-likeness (QED) is 0.730. The number of aromatic nitrogens is 2. The van der Waals surface area contributed by atoms with E-state index in [9.17, 15) is 4.39 Å². The average Bonchev–Trinajstić information content (AvgIpc) is 2.32. The van der Waals surface area contributed by atoms with Crippen LogP contribution >= 0.6 is 0 Å². The normalized spacial score (nSPS) is 9.25. The standard InChI is InChI=1S/C11H9FN2.C2H6/c1-8-13-6-10(7-14-8)9-3-2-4-11(12)5-9;1-2/h2-7H,1H3;1-2H3. The maximum atomic E-state index is 12.9. The van der Waals surface area contributed by atoms with Crippen molar-refractivity contribution in [1.82, 2.24) is 9.97 Å². The molecule has 3 heteroatoms.